The third kappa shape index (κ3) is 7.93. The van der Waals surface area contributed by atoms with E-state index in [-0.39, 0.29) is 35.2 Å². The maximum absolute atomic E-state index is 2.89. The molecule has 1 heterocycles. The van der Waals surface area contributed by atoms with E-state index in [4.69, 9.17) is 0 Å². The number of pyridine rings is 1. The largest absolute Gasteiger partial charge is 2.00 e. The summed E-state index contributed by atoms with van der Waals surface area (Å²) in [7, 11) is 0. The Balaban J connectivity index is -0.000000120. The molecule has 1 aromatic rings. The van der Waals surface area contributed by atoms with E-state index in [0.717, 1.165) is 0 Å². The van der Waals surface area contributed by atoms with E-state index in [9.17, 15) is 0 Å². The summed E-state index contributed by atoms with van der Waals surface area (Å²) in [4.78, 5) is 2.89. The Labute approximate surface area is 71.2 Å². The molecule has 1 rings (SSSR count). The Kier molecular flexibility index (Phi) is 19.2. The van der Waals surface area contributed by atoms with Crippen molar-refractivity contribution >= 4 is 0 Å². The van der Waals surface area contributed by atoms with Crippen molar-refractivity contribution in [2.45, 2.75) is 0 Å². The fourth-order valence-corrected chi connectivity index (χ4v) is 0.342. The first-order chi connectivity index (χ1) is 3.00. The fourth-order valence-electron chi connectivity index (χ4n) is 0.342. The van der Waals surface area contributed by atoms with Gasteiger partial charge in [-0.2, -0.15) is 0 Å². The van der Waals surface area contributed by atoms with E-state index in [1.807, 2.05) is 30.6 Å². The van der Waals surface area contributed by atoms with Crippen molar-refractivity contribution in [3.63, 3.8) is 0 Å². The van der Waals surface area contributed by atoms with Crippen LogP contribution in [0.15, 0.2) is 30.6 Å². The van der Waals surface area contributed by atoms with Crippen LogP contribution in [0.25, 0.3) is 0 Å². The number of nitrogens with one attached hydrogen (secondary N) is 1. The Hall–Kier alpha value is -0.0675. The predicted octanol–water partition coefficient (Wildman–Crippen LogP) is -2.62. The average molecular weight is 184 g/mol. The van der Waals surface area contributed by atoms with Crippen LogP contribution in [0.5, 0.6) is 0 Å². The maximum Gasteiger partial charge on any atom is 2.00 e. The van der Waals surface area contributed by atoms with Crippen LogP contribution in [0.3, 0.4) is 0 Å². The molecule has 0 radical (unpaired) electrons. The number of hydrogen-bond donors (Lipinski definition) is 0. The minimum Gasteiger partial charge on any atom is -2.00 e. The summed E-state index contributed by atoms with van der Waals surface area (Å²) >= 11 is 0. The Bertz CT molecular complexity index is 88.9. The van der Waals surface area contributed by atoms with E-state index in [1.54, 1.807) is 0 Å². The van der Waals surface area contributed by atoms with Gasteiger partial charge in [0.1, 0.15) is 0 Å². The first-order valence-corrected chi connectivity index (χ1v) is 1.91. The summed E-state index contributed by atoms with van der Waals surface area (Å²) < 4.78 is 0. The van der Waals surface area contributed by atoms with Gasteiger partial charge in [0.2, 0.25) is 0 Å². The van der Waals surface area contributed by atoms with Crippen molar-refractivity contribution in [2.24, 2.45) is 0 Å². The van der Waals surface area contributed by atoms with Gasteiger partial charge >= 0.3 is 17.4 Å². The zero-order valence-corrected chi connectivity index (χ0v) is 6.61. The third-order valence-corrected chi connectivity index (χ3v) is 0.607. The van der Waals surface area contributed by atoms with E-state index in [0.29, 0.717) is 0 Å². The minimum absolute atomic E-state index is 0. The SMILES string of the molecule is [Cl-].[Cr+2].[O-2].c1cc[nH+]cc1. The molecule has 0 saturated heterocycles. The number of hydrogen-bond acceptors (Lipinski definition) is 0. The molecule has 1 aromatic heterocycles. The molecule has 0 aliphatic rings. The van der Waals surface area contributed by atoms with Gasteiger partial charge in [-0.3, -0.25) is 0 Å². The Morgan fingerprint density at radius 3 is 1.44 bits per heavy atom. The van der Waals surface area contributed by atoms with Crippen LogP contribution in [0.1, 0.15) is 0 Å². The van der Waals surface area contributed by atoms with Gasteiger partial charge < -0.3 is 17.9 Å². The van der Waals surface area contributed by atoms with Gasteiger partial charge in [-0.25, -0.2) is 4.98 Å². The monoisotopic (exact) mass is 183 g/mol. The zero-order chi connectivity index (χ0) is 4.24. The van der Waals surface area contributed by atoms with Gasteiger partial charge in [0, 0.05) is 12.1 Å². The molecule has 1 N–H and O–H groups in total. The Morgan fingerprint density at radius 1 is 0.889 bits per heavy atom. The number of aromatic nitrogens is 1. The van der Waals surface area contributed by atoms with E-state index in [1.165, 1.54) is 0 Å². The molecule has 0 fully saturated rings. The van der Waals surface area contributed by atoms with Crippen LogP contribution in [-0.4, -0.2) is 0 Å². The number of aromatic amines is 1. The summed E-state index contributed by atoms with van der Waals surface area (Å²) in [5.41, 5.74) is 0. The standard InChI is InChI=1S/C5H5N.ClH.Cr.O/c1-2-4-6-5-3-1;;;/h1-5H;1H;;/q;;+2;-2. The van der Waals surface area contributed by atoms with Crippen LogP contribution < -0.4 is 17.4 Å². The topological polar surface area (TPSA) is 42.6 Å². The zero-order valence-electron chi connectivity index (χ0n) is 4.58. The van der Waals surface area contributed by atoms with Crippen molar-refractivity contribution in [2.75, 3.05) is 0 Å². The van der Waals surface area contributed by atoms with Crippen molar-refractivity contribution in [3.8, 4) is 0 Å². The summed E-state index contributed by atoms with van der Waals surface area (Å²) in [6, 6.07) is 5.86. The summed E-state index contributed by atoms with van der Waals surface area (Å²) in [5.74, 6) is 0. The molecule has 0 atom stereocenters. The van der Waals surface area contributed by atoms with E-state index >= 15 is 0 Å². The van der Waals surface area contributed by atoms with Crippen LogP contribution in [0.2, 0.25) is 0 Å². The maximum atomic E-state index is 2.89. The van der Waals surface area contributed by atoms with Crippen molar-refractivity contribution in [3.05, 3.63) is 30.6 Å². The summed E-state index contributed by atoms with van der Waals surface area (Å²) in [6.45, 7) is 0. The van der Waals surface area contributed by atoms with Crippen LogP contribution >= 0.6 is 0 Å². The first kappa shape index (κ1) is 16.0. The smallest absolute Gasteiger partial charge is 2.00 e. The molecular formula is C5H6ClCrNO. The van der Waals surface area contributed by atoms with Crippen molar-refractivity contribution < 1.29 is 40.2 Å². The second-order valence-corrected chi connectivity index (χ2v) is 1.08. The Morgan fingerprint density at radius 2 is 1.33 bits per heavy atom. The molecule has 0 spiro atoms. The number of halogens is 1. The van der Waals surface area contributed by atoms with Crippen LogP contribution in [0, 0.1) is 0 Å². The quantitative estimate of drug-likeness (QED) is 0.423. The van der Waals surface area contributed by atoms with Gasteiger partial charge in [-0.05, 0) is 0 Å². The molecule has 9 heavy (non-hydrogen) atoms. The molecule has 0 aliphatic carbocycles. The van der Waals surface area contributed by atoms with Gasteiger partial charge in [-0.1, -0.05) is 6.07 Å². The second kappa shape index (κ2) is 10.8. The van der Waals surface area contributed by atoms with Gasteiger partial charge in [0.25, 0.3) is 0 Å². The molecule has 4 heteroatoms. The summed E-state index contributed by atoms with van der Waals surface area (Å²) in [5, 5.41) is 0. The summed E-state index contributed by atoms with van der Waals surface area (Å²) in [6.07, 6.45) is 3.75. The third-order valence-electron chi connectivity index (χ3n) is 0.607. The first-order valence-electron chi connectivity index (χ1n) is 1.91. The molecule has 0 aliphatic heterocycles. The van der Waals surface area contributed by atoms with Crippen LogP contribution in [-0.2, 0) is 22.8 Å². The van der Waals surface area contributed by atoms with E-state index in [2.05, 4.69) is 4.98 Å². The van der Waals surface area contributed by atoms with Gasteiger partial charge in [-0.15, -0.1) is 0 Å². The van der Waals surface area contributed by atoms with Crippen LogP contribution in [0.4, 0.5) is 0 Å². The molecule has 0 amide bonds. The van der Waals surface area contributed by atoms with Gasteiger partial charge in [0.05, 0.1) is 0 Å². The van der Waals surface area contributed by atoms with Gasteiger partial charge in [0.15, 0.2) is 12.4 Å². The molecule has 0 unspecified atom stereocenters. The fraction of sp³-hybridized carbons (Fsp3) is 0. The molecule has 0 saturated carbocycles. The molecule has 0 bridgehead atoms. The molecule has 0 aromatic carbocycles. The number of H-pyrrole nitrogens is 1. The average Bonchev–Trinajstić information content (AvgIpc) is 1.72. The molecule has 2 nitrogen and oxygen atoms in total. The number of rotatable bonds is 0. The molecule has 50 valence electrons. The predicted molar refractivity (Wildman–Crippen MR) is 23.7 cm³/mol. The molecular weight excluding hydrogens is 178 g/mol. The van der Waals surface area contributed by atoms with Crippen molar-refractivity contribution in [1.82, 2.24) is 0 Å². The van der Waals surface area contributed by atoms with Crippen molar-refractivity contribution in [1.29, 1.82) is 0 Å². The normalized spacial score (nSPS) is 5.33. The second-order valence-electron chi connectivity index (χ2n) is 1.08. The van der Waals surface area contributed by atoms with E-state index < -0.39 is 0 Å². The minimum atomic E-state index is 0.